The zero-order chi connectivity index (χ0) is 22.0. The fourth-order valence-corrected chi connectivity index (χ4v) is 3.57. The predicted molar refractivity (Wildman–Crippen MR) is 119 cm³/mol. The largest absolute Gasteiger partial charge is 0.318 e. The van der Waals surface area contributed by atoms with Crippen LogP contribution in [0.3, 0.4) is 0 Å². The van der Waals surface area contributed by atoms with Gasteiger partial charge in [-0.25, -0.2) is 14.6 Å². The van der Waals surface area contributed by atoms with Crippen LogP contribution in [-0.4, -0.2) is 24.3 Å². The molecule has 3 aromatic heterocycles. The molecule has 7 nitrogen and oxygen atoms in total. The summed E-state index contributed by atoms with van der Waals surface area (Å²) in [6.07, 6.45) is 10.5. The summed E-state index contributed by atoms with van der Waals surface area (Å²) in [5.41, 5.74) is 3.86. The molecule has 0 N–H and O–H groups in total. The summed E-state index contributed by atoms with van der Waals surface area (Å²) in [5.74, 6) is 0.773. The van der Waals surface area contributed by atoms with E-state index in [9.17, 15) is 10.1 Å². The molecule has 0 atom stereocenters. The number of halogens is 1. The molecule has 4 rings (SSSR count). The van der Waals surface area contributed by atoms with E-state index in [2.05, 4.69) is 28.1 Å². The number of aromatic nitrogens is 5. The number of benzene rings is 1. The van der Waals surface area contributed by atoms with Gasteiger partial charge in [0.15, 0.2) is 0 Å². The number of hydrogen-bond donors (Lipinski definition) is 0. The van der Waals surface area contributed by atoms with E-state index < -0.39 is 0 Å². The minimum atomic E-state index is -0.134. The van der Waals surface area contributed by atoms with Crippen molar-refractivity contribution in [2.24, 2.45) is 7.05 Å². The number of rotatable bonds is 5. The number of hydrogen-bond acceptors (Lipinski definition) is 5. The summed E-state index contributed by atoms with van der Waals surface area (Å²) in [4.78, 5) is 21.2. The maximum Gasteiger partial charge on any atom is 0.250 e. The molecule has 0 radical (unpaired) electrons. The van der Waals surface area contributed by atoms with Crippen LogP contribution in [0.2, 0.25) is 5.02 Å². The lowest BCUT2D eigenvalue weighted by Gasteiger charge is -2.10. The number of nitrogens with zero attached hydrogens (tertiary/aromatic N) is 6. The molecule has 0 aliphatic rings. The predicted octanol–water partition coefficient (Wildman–Crippen LogP) is 4.17. The van der Waals surface area contributed by atoms with Gasteiger partial charge in [-0.3, -0.25) is 4.79 Å². The second kappa shape index (κ2) is 8.54. The lowest BCUT2D eigenvalue weighted by molar-refractivity contribution is 0.834. The third kappa shape index (κ3) is 3.98. The molecule has 0 aliphatic heterocycles. The smallest absolute Gasteiger partial charge is 0.250 e. The van der Waals surface area contributed by atoms with E-state index in [0.29, 0.717) is 16.3 Å². The van der Waals surface area contributed by atoms with E-state index in [1.165, 1.54) is 4.57 Å². The highest BCUT2D eigenvalue weighted by atomic mass is 35.5. The topological polar surface area (TPSA) is 89.4 Å². The molecule has 0 spiro atoms. The summed E-state index contributed by atoms with van der Waals surface area (Å²) in [6.45, 7) is 2.07. The van der Waals surface area contributed by atoms with Crippen LogP contribution in [0.25, 0.3) is 27.9 Å². The maximum absolute atomic E-state index is 12.4. The zero-order valence-corrected chi connectivity index (χ0v) is 17.8. The molecular formula is C23H19ClN6O. The van der Waals surface area contributed by atoms with Gasteiger partial charge in [-0.05, 0) is 24.1 Å². The minimum Gasteiger partial charge on any atom is -0.318 e. The second-order valence-corrected chi connectivity index (χ2v) is 7.51. The lowest BCUT2D eigenvalue weighted by Crippen LogP contribution is -2.15. The van der Waals surface area contributed by atoms with Gasteiger partial charge in [0.1, 0.15) is 11.9 Å². The monoisotopic (exact) mass is 430 g/mol. The van der Waals surface area contributed by atoms with Gasteiger partial charge in [0.05, 0.1) is 22.5 Å². The van der Waals surface area contributed by atoms with Crippen molar-refractivity contribution in [1.29, 1.82) is 5.26 Å². The molecule has 0 fully saturated rings. The van der Waals surface area contributed by atoms with Crippen molar-refractivity contribution in [2.75, 3.05) is 0 Å². The Morgan fingerprint density at radius 1 is 1.10 bits per heavy atom. The SMILES string of the molecule is CCCc1ncc(-c2cc(=O)n(C)cc2-c2cnn(-c3cccc(Cl)c3C#N)c2)cn1. The molecule has 0 saturated carbocycles. The van der Waals surface area contributed by atoms with Crippen molar-refractivity contribution >= 4 is 11.6 Å². The fraction of sp³-hybridized carbons (Fsp3) is 0.174. The van der Waals surface area contributed by atoms with Crippen LogP contribution in [-0.2, 0) is 13.5 Å². The molecule has 0 amide bonds. The summed E-state index contributed by atoms with van der Waals surface area (Å²) in [6, 6.07) is 8.92. The Morgan fingerprint density at radius 2 is 1.87 bits per heavy atom. The molecular weight excluding hydrogens is 412 g/mol. The average molecular weight is 431 g/mol. The maximum atomic E-state index is 12.4. The minimum absolute atomic E-state index is 0.134. The molecule has 0 aliphatic carbocycles. The Labute approximate surface area is 184 Å². The lowest BCUT2D eigenvalue weighted by atomic mass is 10.0. The molecule has 1 aromatic carbocycles. The van der Waals surface area contributed by atoms with Gasteiger partial charge in [-0.1, -0.05) is 24.6 Å². The second-order valence-electron chi connectivity index (χ2n) is 7.11. The number of nitriles is 1. The zero-order valence-electron chi connectivity index (χ0n) is 17.1. The van der Waals surface area contributed by atoms with Crippen LogP contribution in [0, 0.1) is 11.3 Å². The Kier molecular flexibility index (Phi) is 5.65. The van der Waals surface area contributed by atoms with Crippen LogP contribution in [0.15, 0.2) is 60.0 Å². The Hall–Kier alpha value is -3.76. The Balaban J connectivity index is 1.83. The van der Waals surface area contributed by atoms with Crippen LogP contribution in [0.5, 0.6) is 0 Å². The van der Waals surface area contributed by atoms with E-state index in [1.54, 1.807) is 60.8 Å². The van der Waals surface area contributed by atoms with Gasteiger partial charge in [-0.15, -0.1) is 0 Å². The fourth-order valence-electron chi connectivity index (χ4n) is 3.35. The third-order valence-corrected chi connectivity index (χ3v) is 5.28. The van der Waals surface area contributed by atoms with Gasteiger partial charge in [0.2, 0.25) is 0 Å². The average Bonchev–Trinajstić information content (AvgIpc) is 3.26. The first kappa shape index (κ1) is 20.5. The Morgan fingerprint density at radius 3 is 2.58 bits per heavy atom. The van der Waals surface area contributed by atoms with Gasteiger partial charge in [0.25, 0.3) is 5.56 Å². The quantitative estimate of drug-likeness (QED) is 0.474. The molecule has 4 aromatic rings. The normalized spacial score (nSPS) is 10.8. The first-order chi connectivity index (χ1) is 15.0. The molecule has 0 bridgehead atoms. The molecule has 154 valence electrons. The third-order valence-electron chi connectivity index (χ3n) is 4.96. The Bertz CT molecular complexity index is 1350. The molecule has 8 heteroatoms. The van der Waals surface area contributed by atoms with Crippen LogP contribution in [0.1, 0.15) is 24.7 Å². The molecule has 31 heavy (non-hydrogen) atoms. The van der Waals surface area contributed by atoms with Gasteiger partial charge < -0.3 is 4.57 Å². The van der Waals surface area contributed by atoms with Gasteiger partial charge in [0, 0.05) is 61.0 Å². The van der Waals surface area contributed by atoms with E-state index in [4.69, 9.17) is 11.6 Å². The summed E-state index contributed by atoms with van der Waals surface area (Å²) >= 11 is 6.17. The summed E-state index contributed by atoms with van der Waals surface area (Å²) < 4.78 is 3.12. The molecule has 0 saturated heterocycles. The van der Waals surface area contributed by atoms with E-state index >= 15 is 0 Å². The first-order valence-electron chi connectivity index (χ1n) is 9.77. The highest BCUT2D eigenvalue weighted by Gasteiger charge is 2.15. The van der Waals surface area contributed by atoms with Crippen molar-refractivity contribution < 1.29 is 0 Å². The highest BCUT2D eigenvalue weighted by molar-refractivity contribution is 6.32. The molecule has 0 unspecified atom stereocenters. The van der Waals surface area contributed by atoms with E-state index in [0.717, 1.165) is 40.9 Å². The van der Waals surface area contributed by atoms with Crippen LogP contribution < -0.4 is 5.56 Å². The first-order valence-corrected chi connectivity index (χ1v) is 10.2. The highest BCUT2D eigenvalue weighted by Crippen LogP contribution is 2.31. The van der Waals surface area contributed by atoms with Crippen molar-refractivity contribution in [1.82, 2.24) is 24.3 Å². The van der Waals surface area contributed by atoms with E-state index in [1.807, 2.05) is 6.20 Å². The van der Waals surface area contributed by atoms with Crippen molar-refractivity contribution in [3.8, 4) is 34.0 Å². The van der Waals surface area contributed by atoms with Crippen LogP contribution >= 0.6 is 11.6 Å². The summed E-state index contributed by atoms with van der Waals surface area (Å²) in [7, 11) is 1.70. The summed E-state index contributed by atoms with van der Waals surface area (Å²) in [5, 5.41) is 14.3. The number of aryl methyl sites for hydroxylation is 2. The van der Waals surface area contributed by atoms with Gasteiger partial charge in [-0.2, -0.15) is 10.4 Å². The van der Waals surface area contributed by atoms with E-state index in [-0.39, 0.29) is 5.56 Å². The number of pyridine rings is 1. The molecule has 3 heterocycles. The standard InChI is InChI=1S/C23H19ClN6O/c1-3-5-22-26-10-15(11-27-22)17-8-23(31)29(2)14-19(17)16-12-28-30(13-16)21-7-4-6-20(24)18(21)9-25/h4,6-8,10-14H,3,5H2,1-2H3. The van der Waals surface area contributed by atoms with Crippen molar-refractivity contribution in [2.45, 2.75) is 19.8 Å². The van der Waals surface area contributed by atoms with Gasteiger partial charge >= 0.3 is 0 Å². The van der Waals surface area contributed by atoms with Crippen LogP contribution in [0.4, 0.5) is 0 Å². The van der Waals surface area contributed by atoms with Crippen molar-refractivity contribution in [3.05, 3.63) is 82.0 Å². The van der Waals surface area contributed by atoms with Crippen molar-refractivity contribution in [3.63, 3.8) is 0 Å².